The molecule has 0 bridgehead atoms. The smallest absolute Gasteiger partial charge is 0.108 e. The van der Waals surface area contributed by atoms with Gasteiger partial charge in [0.05, 0.1) is 6.10 Å². The molecule has 1 rings (SSSR count). The Labute approximate surface area is 85.8 Å². The van der Waals surface area contributed by atoms with E-state index in [1.54, 1.807) is 0 Å². The molecule has 0 spiro atoms. The van der Waals surface area contributed by atoms with E-state index < -0.39 is 0 Å². The number of imidazole rings is 1. The van der Waals surface area contributed by atoms with E-state index in [0.717, 1.165) is 25.1 Å². The van der Waals surface area contributed by atoms with Crippen molar-refractivity contribution >= 4 is 0 Å². The van der Waals surface area contributed by atoms with Gasteiger partial charge in [0.1, 0.15) is 5.82 Å². The second kappa shape index (κ2) is 5.15. The van der Waals surface area contributed by atoms with Crippen LogP contribution in [0.3, 0.4) is 0 Å². The van der Waals surface area contributed by atoms with Crippen molar-refractivity contribution in [3.63, 3.8) is 0 Å². The Bertz CT molecular complexity index is 268. The fourth-order valence-electron chi connectivity index (χ4n) is 1.74. The van der Waals surface area contributed by atoms with Crippen LogP contribution < -0.4 is 0 Å². The highest BCUT2D eigenvalue weighted by Crippen LogP contribution is 2.15. The van der Waals surface area contributed by atoms with Gasteiger partial charge in [0.2, 0.25) is 0 Å². The van der Waals surface area contributed by atoms with Crippen LogP contribution in [0.1, 0.15) is 32.5 Å². The van der Waals surface area contributed by atoms with Crippen molar-refractivity contribution < 1.29 is 5.11 Å². The molecule has 0 saturated heterocycles. The summed E-state index contributed by atoms with van der Waals surface area (Å²) in [6, 6.07) is 0. The average molecular weight is 196 g/mol. The molecular formula is C11H20N2O. The van der Waals surface area contributed by atoms with E-state index >= 15 is 0 Å². The average Bonchev–Trinajstić information content (AvgIpc) is 2.52. The number of aliphatic hydroxyl groups is 1. The maximum Gasteiger partial charge on any atom is 0.108 e. The molecule has 0 aliphatic rings. The van der Waals surface area contributed by atoms with Gasteiger partial charge in [0, 0.05) is 25.9 Å². The molecule has 0 saturated carbocycles. The molecule has 3 heteroatoms. The van der Waals surface area contributed by atoms with Crippen molar-refractivity contribution in [3.05, 3.63) is 18.2 Å². The number of hydrogen-bond donors (Lipinski definition) is 1. The van der Waals surface area contributed by atoms with Gasteiger partial charge in [0.25, 0.3) is 0 Å². The molecule has 1 aromatic heterocycles. The number of hydrogen-bond acceptors (Lipinski definition) is 2. The van der Waals surface area contributed by atoms with Gasteiger partial charge >= 0.3 is 0 Å². The van der Waals surface area contributed by atoms with Crippen LogP contribution in [0.2, 0.25) is 0 Å². The fraction of sp³-hybridized carbons (Fsp3) is 0.727. The summed E-state index contributed by atoms with van der Waals surface area (Å²) in [6.07, 6.45) is 6.56. The maximum absolute atomic E-state index is 9.48. The quantitative estimate of drug-likeness (QED) is 0.779. The summed E-state index contributed by atoms with van der Waals surface area (Å²) in [4.78, 5) is 4.26. The van der Waals surface area contributed by atoms with Gasteiger partial charge in [-0.3, -0.25) is 0 Å². The third kappa shape index (κ3) is 2.84. The number of aryl methyl sites for hydroxylation is 2. The molecule has 0 amide bonds. The molecule has 0 aliphatic carbocycles. The van der Waals surface area contributed by atoms with Gasteiger partial charge in [-0.25, -0.2) is 4.98 Å². The zero-order chi connectivity index (χ0) is 10.6. The Morgan fingerprint density at radius 2 is 2.29 bits per heavy atom. The number of rotatable bonds is 5. The minimum Gasteiger partial charge on any atom is -0.393 e. The van der Waals surface area contributed by atoms with Gasteiger partial charge < -0.3 is 9.67 Å². The van der Waals surface area contributed by atoms with Crippen LogP contribution in [0, 0.1) is 5.92 Å². The first kappa shape index (κ1) is 11.2. The lowest BCUT2D eigenvalue weighted by atomic mass is 9.95. The first-order chi connectivity index (χ1) is 6.65. The first-order valence-electron chi connectivity index (χ1n) is 5.29. The zero-order valence-corrected chi connectivity index (χ0v) is 9.27. The Kier molecular flexibility index (Phi) is 4.14. The van der Waals surface area contributed by atoms with Crippen molar-refractivity contribution in [3.8, 4) is 0 Å². The molecule has 1 heterocycles. The molecular weight excluding hydrogens is 176 g/mol. The highest BCUT2D eigenvalue weighted by Gasteiger charge is 2.13. The van der Waals surface area contributed by atoms with Crippen molar-refractivity contribution in [2.24, 2.45) is 13.0 Å². The summed E-state index contributed by atoms with van der Waals surface area (Å²) in [5, 5.41) is 9.48. The Hall–Kier alpha value is -0.830. The molecule has 2 unspecified atom stereocenters. The zero-order valence-electron chi connectivity index (χ0n) is 9.27. The molecule has 14 heavy (non-hydrogen) atoms. The van der Waals surface area contributed by atoms with Gasteiger partial charge in [-0.05, 0) is 19.3 Å². The minimum absolute atomic E-state index is 0.208. The molecule has 3 nitrogen and oxygen atoms in total. The minimum atomic E-state index is -0.208. The predicted octanol–water partition coefficient (Wildman–Crippen LogP) is 1.76. The van der Waals surface area contributed by atoms with E-state index in [-0.39, 0.29) is 6.10 Å². The van der Waals surface area contributed by atoms with E-state index in [2.05, 4.69) is 11.9 Å². The standard InChI is InChI=1S/C11H20N2O/c1-4-10(9(2)14)5-6-11-12-7-8-13(11)3/h7-10,14H,4-6H2,1-3H3. The highest BCUT2D eigenvalue weighted by molar-refractivity contribution is 4.91. The van der Waals surface area contributed by atoms with E-state index in [9.17, 15) is 5.11 Å². The van der Waals surface area contributed by atoms with Crippen LogP contribution in [-0.2, 0) is 13.5 Å². The summed E-state index contributed by atoms with van der Waals surface area (Å²) in [6.45, 7) is 3.99. The fourth-order valence-corrected chi connectivity index (χ4v) is 1.74. The van der Waals surface area contributed by atoms with Gasteiger partial charge in [-0.2, -0.15) is 0 Å². The van der Waals surface area contributed by atoms with Crippen molar-refractivity contribution in [2.45, 2.75) is 39.2 Å². The van der Waals surface area contributed by atoms with E-state index in [1.807, 2.05) is 30.9 Å². The summed E-state index contributed by atoms with van der Waals surface area (Å²) in [5.74, 6) is 1.50. The van der Waals surface area contributed by atoms with E-state index in [4.69, 9.17) is 0 Å². The van der Waals surface area contributed by atoms with Crippen LogP contribution in [0.15, 0.2) is 12.4 Å². The number of aromatic nitrogens is 2. The molecule has 80 valence electrons. The molecule has 1 aromatic rings. The summed E-state index contributed by atoms with van der Waals surface area (Å²) in [5.41, 5.74) is 0. The lowest BCUT2D eigenvalue weighted by Gasteiger charge is -2.17. The van der Waals surface area contributed by atoms with E-state index in [0.29, 0.717) is 5.92 Å². The first-order valence-corrected chi connectivity index (χ1v) is 5.29. The monoisotopic (exact) mass is 196 g/mol. The lowest BCUT2D eigenvalue weighted by Crippen LogP contribution is -2.17. The topological polar surface area (TPSA) is 38.0 Å². The third-order valence-electron chi connectivity index (χ3n) is 2.87. The van der Waals surface area contributed by atoms with Crippen LogP contribution >= 0.6 is 0 Å². The van der Waals surface area contributed by atoms with Crippen LogP contribution in [0.25, 0.3) is 0 Å². The van der Waals surface area contributed by atoms with Gasteiger partial charge in [-0.1, -0.05) is 13.3 Å². The van der Waals surface area contributed by atoms with Crippen molar-refractivity contribution in [1.29, 1.82) is 0 Å². The highest BCUT2D eigenvalue weighted by atomic mass is 16.3. The molecule has 0 radical (unpaired) electrons. The van der Waals surface area contributed by atoms with Crippen molar-refractivity contribution in [1.82, 2.24) is 9.55 Å². The number of aliphatic hydroxyl groups excluding tert-OH is 1. The molecule has 1 N–H and O–H groups in total. The Balaban J connectivity index is 2.43. The lowest BCUT2D eigenvalue weighted by molar-refractivity contribution is 0.117. The summed E-state index contributed by atoms with van der Waals surface area (Å²) in [7, 11) is 2.01. The van der Waals surface area contributed by atoms with E-state index in [1.165, 1.54) is 0 Å². The summed E-state index contributed by atoms with van der Waals surface area (Å²) >= 11 is 0. The normalized spacial score (nSPS) is 15.4. The third-order valence-corrected chi connectivity index (χ3v) is 2.87. The molecule has 0 fully saturated rings. The molecule has 2 atom stereocenters. The van der Waals surface area contributed by atoms with Gasteiger partial charge in [0.15, 0.2) is 0 Å². The Morgan fingerprint density at radius 1 is 1.57 bits per heavy atom. The second-order valence-corrected chi connectivity index (χ2v) is 3.90. The largest absolute Gasteiger partial charge is 0.393 e. The predicted molar refractivity (Wildman–Crippen MR) is 57.0 cm³/mol. The molecule has 0 aromatic carbocycles. The molecule has 0 aliphatic heterocycles. The summed E-state index contributed by atoms with van der Waals surface area (Å²) < 4.78 is 2.04. The Morgan fingerprint density at radius 3 is 2.71 bits per heavy atom. The van der Waals surface area contributed by atoms with Crippen LogP contribution in [-0.4, -0.2) is 20.8 Å². The van der Waals surface area contributed by atoms with Crippen LogP contribution in [0.5, 0.6) is 0 Å². The maximum atomic E-state index is 9.48. The number of nitrogens with zero attached hydrogens (tertiary/aromatic N) is 2. The second-order valence-electron chi connectivity index (χ2n) is 3.90. The van der Waals surface area contributed by atoms with Crippen molar-refractivity contribution in [2.75, 3.05) is 0 Å². The van der Waals surface area contributed by atoms with Gasteiger partial charge in [-0.15, -0.1) is 0 Å². The van der Waals surface area contributed by atoms with Crippen LogP contribution in [0.4, 0.5) is 0 Å². The SMILES string of the molecule is CCC(CCc1nccn1C)C(C)O.